The number of nitrogens with one attached hydrogen (secondary N) is 1. The summed E-state index contributed by atoms with van der Waals surface area (Å²) in [5, 5.41) is 3.23. The van der Waals surface area contributed by atoms with E-state index in [4.69, 9.17) is 25.5 Å². The van der Waals surface area contributed by atoms with Crippen LogP contribution in [0.15, 0.2) is 63.9 Å². The van der Waals surface area contributed by atoms with Gasteiger partial charge >= 0.3 is 0 Å². The van der Waals surface area contributed by atoms with Crippen molar-refractivity contribution < 1.29 is 27.1 Å². The minimum atomic E-state index is -3.62. The monoisotopic (exact) mass is 491 g/mol. The van der Waals surface area contributed by atoms with Crippen molar-refractivity contribution in [2.24, 2.45) is 0 Å². The smallest absolute Gasteiger partial charge is 0.287 e. The molecule has 1 heterocycles. The lowest BCUT2D eigenvalue weighted by Crippen LogP contribution is -2.25. The Kier molecular flexibility index (Phi) is 8.41. The SMILES string of the molecule is CCOc1ccc(CCNC(=O)c2ccc(CS(=O)(=O)c3ccc(Cl)cc3)o2)cc1OCC. The van der Waals surface area contributed by atoms with Crippen molar-refractivity contribution in [3.05, 3.63) is 76.7 Å². The second kappa shape index (κ2) is 11.2. The van der Waals surface area contributed by atoms with Gasteiger partial charge in [-0.3, -0.25) is 4.79 Å². The van der Waals surface area contributed by atoms with Crippen LogP contribution in [0.3, 0.4) is 0 Å². The fraction of sp³-hybridized carbons (Fsp3) is 0.292. The zero-order valence-corrected chi connectivity index (χ0v) is 20.0. The Balaban J connectivity index is 1.57. The number of benzene rings is 2. The van der Waals surface area contributed by atoms with Gasteiger partial charge in [0.05, 0.1) is 18.1 Å². The average Bonchev–Trinajstić information content (AvgIpc) is 3.24. The van der Waals surface area contributed by atoms with Gasteiger partial charge in [-0.05, 0) is 74.4 Å². The van der Waals surface area contributed by atoms with Gasteiger partial charge in [0.15, 0.2) is 27.1 Å². The first-order valence-electron chi connectivity index (χ1n) is 10.6. The fourth-order valence-electron chi connectivity index (χ4n) is 3.15. The number of rotatable bonds is 11. The zero-order valence-electron chi connectivity index (χ0n) is 18.5. The number of ether oxygens (including phenoxy) is 2. The van der Waals surface area contributed by atoms with Crippen LogP contribution in [0, 0.1) is 0 Å². The molecule has 3 aromatic rings. The van der Waals surface area contributed by atoms with Gasteiger partial charge in [0.2, 0.25) is 0 Å². The first kappa shape index (κ1) is 24.7. The Labute approximate surface area is 198 Å². The number of hydrogen-bond acceptors (Lipinski definition) is 6. The van der Waals surface area contributed by atoms with E-state index >= 15 is 0 Å². The summed E-state index contributed by atoms with van der Waals surface area (Å²) in [6.07, 6.45) is 0.580. The number of carbonyl (C=O) groups is 1. The van der Waals surface area contributed by atoms with E-state index in [1.807, 2.05) is 32.0 Å². The lowest BCUT2D eigenvalue weighted by molar-refractivity contribution is 0.0925. The molecule has 33 heavy (non-hydrogen) atoms. The molecule has 7 nitrogen and oxygen atoms in total. The van der Waals surface area contributed by atoms with Gasteiger partial charge in [0, 0.05) is 11.6 Å². The maximum absolute atomic E-state index is 12.5. The highest BCUT2D eigenvalue weighted by molar-refractivity contribution is 7.90. The van der Waals surface area contributed by atoms with Gasteiger partial charge in [-0.15, -0.1) is 0 Å². The second-order valence-electron chi connectivity index (χ2n) is 7.13. The highest BCUT2D eigenvalue weighted by atomic mass is 35.5. The molecule has 9 heteroatoms. The first-order valence-corrected chi connectivity index (χ1v) is 12.6. The maximum atomic E-state index is 12.5. The molecule has 1 amide bonds. The Bertz CT molecular complexity index is 1190. The minimum Gasteiger partial charge on any atom is -0.490 e. The standard InChI is InChI=1S/C24H26ClNO6S/c1-3-30-21-11-5-17(15-23(21)31-4-2)13-14-26-24(27)22-12-8-19(32-22)16-33(28,29)20-9-6-18(25)7-10-20/h5-12,15H,3-4,13-14,16H2,1-2H3,(H,26,27). The molecule has 176 valence electrons. The normalized spacial score (nSPS) is 11.2. The van der Waals surface area contributed by atoms with Crippen molar-refractivity contribution in [3.8, 4) is 11.5 Å². The molecule has 0 fully saturated rings. The van der Waals surface area contributed by atoms with E-state index < -0.39 is 15.7 Å². The number of carbonyl (C=O) groups excluding carboxylic acids is 1. The lowest BCUT2D eigenvalue weighted by Gasteiger charge is -2.12. The molecule has 0 saturated carbocycles. The largest absolute Gasteiger partial charge is 0.490 e. The number of hydrogen-bond donors (Lipinski definition) is 1. The summed E-state index contributed by atoms with van der Waals surface area (Å²) in [6.45, 7) is 5.25. The van der Waals surface area contributed by atoms with E-state index in [2.05, 4.69) is 5.32 Å². The Hall–Kier alpha value is -2.97. The van der Waals surface area contributed by atoms with E-state index in [0.717, 1.165) is 5.56 Å². The molecule has 0 aliphatic heterocycles. The van der Waals surface area contributed by atoms with Crippen LogP contribution in [0.2, 0.25) is 5.02 Å². The van der Waals surface area contributed by atoms with E-state index in [-0.39, 0.29) is 22.2 Å². The van der Waals surface area contributed by atoms with E-state index in [1.165, 1.54) is 36.4 Å². The van der Waals surface area contributed by atoms with Gasteiger partial charge in [0.1, 0.15) is 11.5 Å². The third-order valence-electron chi connectivity index (χ3n) is 4.70. The summed E-state index contributed by atoms with van der Waals surface area (Å²) >= 11 is 5.81. The van der Waals surface area contributed by atoms with Crippen LogP contribution >= 0.6 is 11.6 Å². The Morgan fingerprint density at radius 2 is 1.67 bits per heavy atom. The van der Waals surface area contributed by atoms with Crippen LogP contribution in [0.25, 0.3) is 0 Å². The lowest BCUT2D eigenvalue weighted by atomic mass is 10.1. The molecule has 0 spiro atoms. The van der Waals surface area contributed by atoms with E-state index in [9.17, 15) is 13.2 Å². The van der Waals surface area contributed by atoms with Crippen molar-refractivity contribution in [2.45, 2.75) is 30.9 Å². The molecule has 3 rings (SSSR count). The molecule has 0 aliphatic rings. The molecular weight excluding hydrogens is 466 g/mol. The van der Waals surface area contributed by atoms with Crippen molar-refractivity contribution in [1.82, 2.24) is 5.32 Å². The highest BCUT2D eigenvalue weighted by Crippen LogP contribution is 2.28. The van der Waals surface area contributed by atoms with Crippen molar-refractivity contribution in [2.75, 3.05) is 19.8 Å². The molecular formula is C24H26ClNO6S. The summed E-state index contributed by atoms with van der Waals surface area (Å²) in [4.78, 5) is 12.6. The Morgan fingerprint density at radius 1 is 0.970 bits per heavy atom. The van der Waals surface area contributed by atoms with E-state index in [0.29, 0.717) is 42.7 Å². The van der Waals surface area contributed by atoms with Crippen LogP contribution in [-0.4, -0.2) is 34.1 Å². The van der Waals surface area contributed by atoms with Gasteiger partial charge in [-0.2, -0.15) is 0 Å². The second-order valence-corrected chi connectivity index (χ2v) is 9.56. The van der Waals surface area contributed by atoms with Crippen LogP contribution in [0.1, 0.15) is 35.7 Å². The molecule has 0 bridgehead atoms. The van der Waals surface area contributed by atoms with Crippen molar-refractivity contribution in [3.63, 3.8) is 0 Å². The van der Waals surface area contributed by atoms with Gasteiger partial charge in [0.25, 0.3) is 5.91 Å². The summed E-state index contributed by atoms with van der Waals surface area (Å²) < 4.78 is 41.7. The predicted molar refractivity (Wildman–Crippen MR) is 126 cm³/mol. The number of amides is 1. The van der Waals surface area contributed by atoms with Crippen LogP contribution in [-0.2, 0) is 22.0 Å². The molecule has 0 unspecified atom stereocenters. The zero-order chi connectivity index (χ0) is 23.8. The first-order chi connectivity index (χ1) is 15.8. The third kappa shape index (κ3) is 6.76. The van der Waals surface area contributed by atoms with Gasteiger partial charge in [-0.1, -0.05) is 17.7 Å². The topological polar surface area (TPSA) is 94.8 Å². The number of furan rings is 1. The molecule has 0 aliphatic carbocycles. The summed E-state index contributed by atoms with van der Waals surface area (Å²) in [7, 11) is -3.62. The van der Waals surface area contributed by atoms with Crippen LogP contribution in [0.5, 0.6) is 11.5 Å². The molecule has 0 saturated heterocycles. The molecule has 1 aromatic heterocycles. The average molecular weight is 492 g/mol. The molecule has 0 radical (unpaired) electrons. The molecule has 2 aromatic carbocycles. The van der Waals surface area contributed by atoms with E-state index in [1.54, 1.807) is 0 Å². The minimum absolute atomic E-state index is 0.0537. The predicted octanol–water partition coefficient (Wildman–Crippen LogP) is 4.68. The van der Waals surface area contributed by atoms with Gasteiger partial charge < -0.3 is 19.2 Å². The highest BCUT2D eigenvalue weighted by Gasteiger charge is 2.19. The number of sulfone groups is 1. The fourth-order valence-corrected chi connectivity index (χ4v) is 4.52. The van der Waals surface area contributed by atoms with Crippen molar-refractivity contribution >= 4 is 27.3 Å². The van der Waals surface area contributed by atoms with Crippen LogP contribution in [0.4, 0.5) is 0 Å². The summed E-state index contributed by atoms with van der Waals surface area (Å²) in [6, 6.07) is 14.5. The summed E-state index contributed by atoms with van der Waals surface area (Å²) in [5.41, 5.74) is 0.983. The van der Waals surface area contributed by atoms with Crippen LogP contribution < -0.4 is 14.8 Å². The number of halogens is 1. The molecule has 0 atom stereocenters. The molecule has 1 N–H and O–H groups in total. The third-order valence-corrected chi connectivity index (χ3v) is 6.60. The quantitative estimate of drug-likeness (QED) is 0.418. The summed E-state index contributed by atoms with van der Waals surface area (Å²) in [5.74, 6) is 0.820. The maximum Gasteiger partial charge on any atom is 0.287 e. The van der Waals surface area contributed by atoms with Crippen molar-refractivity contribution in [1.29, 1.82) is 0 Å². The Morgan fingerprint density at radius 3 is 2.36 bits per heavy atom. The van der Waals surface area contributed by atoms with Gasteiger partial charge in [-0.25, -0.2) is 8.42 Å².